The Balaban J connectivity index is 2.15. The van der Waals surface area contributed by atoms with E-state index in [1.165, 1.54) is 18.2 Å². The molecule has 0 spiro atoms. The summed E-state index contributed by atoms with van der Waals surface area (Å²) < 4.78 is 39.1. The number of sulfonamides is 1. The lowest BCUT2D eigenvalue weighted by Crippen LogP contribution is -2.33. The van der Waals surface area contributed by atoms with Gasteiger partial charge in [-0.1, -0.05) is 51.1 Å². The Kier molecular flexibility index (Phi) is 6.26. The van der Waals surface area contributed by atoms with E-state index in [9.17, 15) is 17.6 Å². The van der Waals surface area contributed by atoms with E-state index in [2.05, 4.69) is 5.32 Å². The van der Waals surface area contributed by atoms with Crippen molar-refractivity contribution in [3.63, 3.8) is 0 Å². The van der Waals surface area contributed by atoms with Gasteiger partial charge >= 0.3 is 0 Å². The molecule has 5 nitrogen and oxygen atoms in total. The maximum absolute atomic E-state index is 14.0. The number of rotatable bonds is 6. The molecule has 2 aromatic carbocycles. The Labute approximate surface area is 160 Å². The Morgan fingerprint density at radius 3 is 2.26 bits per heavy atom. The van der Waals surface area contributed by atoms with Crippen LogP contribution in [0.4, 0.5) is 15.8 Å². The van der Waals surface area contributed by atoms with E-state index in [0.717, 1.165) is 16.1 Å². The zero-order chi connectivity index (χ0) is 20.2. The lowest BCUT2D eigenvalue weighted by Gasteiger charge is -2.24. The van der Waals surface area contributed by atoms with Crippen LogP contribution in [0.3, 0.4) is 0 Å². The van der Waals surface area contributed by atoms with Crippen LogP contribution in [0, 0.1) is 5.82 Å². The normalized spacial score (nSPS) is 11.9. The fourth-order valence-corrected chi connectivity index (χ4v) is 3.71. The van der Waals surface area contributed by atoms with Crippen LogP contribution in [0.2, 0.25) is 0 Å². The summed E-state index contributed by atoms with van der Waals surface area (Å²) in [7, 11) is -3.73. The second kappa shape index (κ2) is 8.08. The topological polar surface area (TPSA) is 66.5 Å². The molecule has 0 heterocycles. The standard InChI is InChI=1S/C20H25FN2O3S/c1-20(2,3)15-9-5-7-11-17(15)22-19(24)13-14-23(27(4,25)26)18-12-8-6-10-16(18)21/h5-12H,13-14H2,1-4H3,(H,22,24). The second-order valence-electron chi connectivity index (χ2n) is 7.38. The van der Waals surface area contributed by atoms with Gasteiger partial charge < -0.3 is 5.32 Å². The summed E-state index contributed by atoms with van der Waals surface area (Å²) >= 11 is 0. The lowest BCUT2D eigenvalue weighted by molar-refractivity contribution is -0.116. The molecule has 2 aromatic rings. The van der Waals surface area contributed by atoms with Crippen molar-refractivity contribution in [3.05, 3.63) is 59.9 Å². The molecule has 0 aliphatic rings. The van der Waals surface area contributed by atoms with E-state index in [1.807, 2.05) is 45.0 Å². The number of benzene rings is 2. The van der Waals surface area contributed by atoms with Gasteiger partial charge in [0.05, 0.1) is 11.9 Å². The van der Waals surface area contributed by atoms with Gasteiger partial charge in [0, 0.05) is 18.7 Å². The average molecular weight is 392 g/mol. The highest BCUT2D eigenvalue weighted by molar-refractivity contribution is 7.92. The van der Waals surface area contributed by atoms with Crippen molar-refractivity contribution in [3.8, 4) is 0 Å². The van der Waals surface area contributed by atoms with Gasteiger partial charge in [0.25, 0.3) is 0 Å². The monoisotopic (exact) mass is 392 g/mol. The molecule has 1 N–H and O–H groups in total. The number of hydrogen-bond acceptors (Lipinski definition) is 3. The molecule has 0 atom stereocenters. The number of halogens is 1. The molecule has 0 aromatic heterocycles. The van der Waals surface area contributed by atoms with E-state index in [-0.39, 0.29) is 30.0 Å². The van der Waals surface area contributed by atoms with Crippen molar-refractivity contribution in [2.24, 2.45) is 0 Å². The molecular weight excluding hydrogens is 367 g/mol. The predicted molar refractivity (Wildman–Crippen MR) is 107 cm³/mol. The van der Waals surface area contributed by atoms with E-state index in [1.54, 1.807) is 6.07 Å². The van der Waals surface area contributed by atoms with Crippen LogP contribution >= 0.6 is 0 Å². The summed E-state index contributed by atoms with van der Waals surface area (Å²) in [5.74, 6) is -0.988. The summed E-state index contributed by atoms with van der Waals surface area (Å²) in [5.41, 5.74) is 1.44. The maximum atomic E-state index is 14.0. The number of carbonyl (C=O) groups is 1. The summed E-state index contributed by atoms with van der Waals surface area (Å²) in [5, 5.41) is 2.84. The highest BCUT2D eigenvalue weighted by atomic mass is 32.2. The van der Waals surface area contributed by atoms with Crippen molar-refractivity contribution in [1.82, 2.24) is 0 Å². The number of amides is 1. The highest BCUT2D eigenvalue weighted by Crippen LogP contribution is 2.29. The van der Waals surface area contributed by atoms with Crippen LogP contribution in [-0.2, 0) is 20.2 Å². The SMILES string of the molecule is CC(C)(C)c1ccccc1NC(=O)CCN(c1ccccc1F)S(C)(=O)=O. The average Bonchev–Trinajstić information content (AvgIpc) is 2.55. The molecule has 0 unspecified atom stereocenters. The summed E-state index contributed by atoms with van der Waals surface area (Å²) in [6.45, 7) is 5.98. The first-order valence-electron chi connectivity index (χ1n) is 8.62. The first kappa shape index (κ1) is 20.9. The smallest absolute Gasteiger partial charge is 0.232 e. The third-order valence-electron chi connectivity index (χ3n) is 4.07. The number of carbonyl (C=O) groups excluding carboxylic acids is 1. The van der Waals surface area contributed by atoms with Gasteiger partial charge in [-0.2, -0.15) is 0 Å². The second-order valence-corrected chi connectivity index (χ2v) is 9.29. The molecule has 0 radical (unpaired) electrons. The van der Waals surface area contributed by atoms with Crippen molar-refractivity contribution in [2.45, 2.75) is 32.6 Å². The maximum Gasteiger partial charge on any atom is 0.232 e. The molecule has 146 valence electrons. The molecule has 27 heavy (non-hydrogen) atoms. The van der Waals surface area contributed by atoms with Crippen molar-refractivity contribution in [1.29, 1.82) is 0 Å². The lowest BCUT2D eigenvalue weighted by atomic mass is 9.86. The number of para-hydroxylation sites is 2. The van der Waals surface area contributed by atoms with Gasteiger partial charge in [0.1, 0.15) is 5.82 Å². The molecule has 7 heteroatoms. The van der Waals surface area contributed by atoms with Crippen LogP contribution in [0.15, 0.2) is 48.5 Å². The number of anilines is 2. The third-order valence-corrected chi connectivity index (χ3v) is 5.25. The largest absolute Gasteiger partial charge is 0.326 e. The van der Waals surface area contributed by atoms with E-state index in [4.69, 9.17) is 0 Å². The zero-order valence-electron chi connectivity index (χ0n) is 16.0. The molecule has 0 aliphatic heterocycles. The van der Waals surface area contributed by atoms with Gasteiger partial charge in [-0.15, -0.1) is 0 Å². The van der Waals surface area contributed by atoms with Crippen LogP contribution in [0.5, 0.6) is 0 Å². The minimum atomic E-state index is -3.73. The zero-order valence-corrected chi connectivity index (χ0v) is 16.8. The first-order chi connectivity index (χ1) is 12.5. The molecular formula is C20H25FN2O3S. The summed E-state index contributed by atoms with van der Waals surface area (Å²) in [6.07, 6.45) is 0.895. The van der Waals surface area contributed by atoms with Crippen molar-refractivity contribution < 1.29 is 17.6 Å². The first-order valence-corrected chi connectivity index (χ1v) is 10.5. The molecule has 0 bridgehead atoms. The van der Waals surface area contributed by atoms with Gasteiger partial charge in [0.2, 0.25) is 15.9 Å². The van der Waals surface area contributed by atoms with Crippen LogP contribution < -0.4 is 9.62 Å². The molecule has 0 fully saturated rings. The van der Waals surface area contributed by atoms with Crippen LogP contribution in [0.1, 0.15) is 32.8 Å². The minimum Gasteiger partial charge on any atom is -0.326 e. The molecule has 2 rings (SSSR count). The number of hydrogen-bond donors (Lipinski definition) is 1. The molecule has 1 amide bonds. The van der Waals surface area contributed by atoms with Crippen LogP contribution in [0.25, 0.3) is 0 Å². The summed E-state index contributed by atoms with van der Waals surface area (Å²) in [4.78, 5) is 12.4. The fraction of sp³-hybridized carbons (Fsp3) is 0.350. The van der Waals surface area contributed by atoms with Gasteiger partial charge in [-0.05, 0) is 29.2 Å². The Morgan fingerprint density at radius 1 is 1.07 bits per heavy atom. The molecule has 0 aliphatic carbocycles. The highest BCUT2D eigenvalue weighted by Gasteiger charge is 2.22. The molecule has 0 saturated heterocycles. The van der Waals surface area contributed by atoms with E-state index < -0.39 is 15.8 Å². The van der Waals surface area contributed by atoms with Crippen LogP contribution in [-0.4, -0.2) is 27.1 Å². The molecule has 0 saturated carbocycles. The van der Waals surface area contributed by atoms with Crippen molar-refractivity contribution >= 4 is 27.3 Å². The summed E-state index contributed by atoms with van der Waals surface area (Å²) in [6, 6.07) is 13.1. The van der Waals surface area contributed by atoms with Gasteiger partial charge in [-0.25, -0.2) is 12.8 Å². The third kappa shape index (κ3) is 5.53. The predicted octanol–water partition coefficient (Wildman–Crippen LogP) is 3.92. The number of nitrogens with one attached hydrogen (secondary N) is 1. The number of nitrogens with zero attached hydrogens (tertiary/aromatic N) is 1. The van der Waals surface area contributed by atoms with Crippen molar-refractivity contribution in [2.75, 3.05) is 22.4 Å². The van der Waals surface area contributed by atoms with E-state index >= 15 is 0 Å². The minimum absolute atomic E-state index is 0.0668. The quantitative estimate of drug-likeness (QED) is 0.810. The van der Waals surface area contributed by atoms with E-state index in [0.29, 0.717) is 5.69 Å². The van der Waals surface area contributed by atoms with Gasteiger partial charge in [0.15, 0.2) is 0 Å². The van der Waals surface area contributed by atoms with Gasteiger partial charge in [-0.3, -0.25) is 9.10 Å². The Bertz CT molecular complexity index is 921. The Morgan fingerprint density at radius 2 is 1.67 bits per heavy atom. The Hall–Kier alpha value is -2.41. The fourth-order valence-electron chi connectivity index (χ4n) is 2.78.